The van der Waals surface area contributed by atoms with Gasteiger partial charge in [-0.1, -0.05) is 45.4 Å². The number of ketones is 1. The number of Topliss-reactive ketones (excluding diaryl/α,β-unsaturated/α-hetero) is 1. The lowest BCUT2D eigenvalue weighted by molar-refractivity contribution is -0.239. The summed E-state index contributed by atoms with van der Waals surface area (Å²) in [4.78, 5) is 12.3. The third kappa shape index (κ3) is 8.39. The van der Waals surface area contributed by atoms with E-state index in [4.69, 9.17) is 14.2 Å². The monoisotopic (exact) mass is 522 g/mol. The molecule has 11 nitrogen and oxygen atoms in total. The number of aliphatic hydroxyl groups is 7. The number of carbonyl (C=O) groups is 1. The van der Waals surface area contributed by atoms with E-state index in [1.54, 1.807) is 0 Å². The summed E-state index contributed by atoms with van der Waals surface area (Å²) in [7, 11) is 0. The highest BCUT2D eigenvalue weighted by Gasteiger charge is 2.54. The minimum Gasteiger partial charge on any atom is -0.394 e. The highest BCUT2D eigenvalue weighted by molar-refractivity contribution is 5.78. The van der Waals surface area contributed by atoms with Crippen molar-refractivity contribution in [3.8, 4) is 0 Å². The van der Waals surface area contributed by atoms with Gasteiger partial charge in [0.05, 0.1) is 32.5 Å². The Hall–Kier alpha value is -0.730. The van der Waals surface area contributed by atoms with Crippen LogP contribution in [-0.2, 0) is 19.0 Å². The van der Waals surface area contributed by atoms with E-state index in [1.165, 1.54) is 25.7 Å². The van der Waals surface area contributed by atoms with E-state index in [-0.39, 0.29) is 31.8 Å². The van der Waals surface area contributed by atoms with Crippen molar-refractivity contribution in [3.63, 3.8) is 0 Å². The fourth-order valence-corrected chi connectivity index (χ4v) is 4.86. The van der Waals surface area contributed by atoms with Gasteiger partial charge >= 0.3 is 0 Å². The van der Waals surface area contributed by atoms with E-state index in [1.807, 2.05) is 0 Å². The summed E-state index contributed by atoms with van der Waals surface area (Å²) >= 11 is 0. The topological polar surface area (TPSA) is 186 Å². The Bertz CT molecular complexity index is 635. The third-order valence-electron chi connectivity index (χ3n) is 7.28. The predicted molar refractivity (Wildman–Crippen MR) is 128 cm³/mol. The highest BCUT2D eigenvalue weighted by Crippen LogP contribution is 2.32. The van der Waals surface area contributed by atoms with Gasteiger partial charge in [0.15, 0.2) is 0 Å². The van der Waals surface area contributed by atoms with E-state index in [0.717, 1.165) is 19.3 Å². The molecule has 0 saturated carbocycles. The first-order valence-electron chi connectivity index (χ1n) is 13.3. The molecule has 0 amide bonds. The van der Waals surface area contributed by atoms with Crippen molar-refractivity contribution in [1.29, 1.82) is 0 Å². The average Bonchev–Trinajstić information content (AvgIpc) is 3.12. The zero-order chi connectivity index (χ0) is 26.7. The molecule has 9 atom stereocenters. The summed E-state index contributed by atoms with van der Waals surface area (Å²) in [6.45, 7) is 0.258. The molecule has 5 unspecified atom stereocenters. The maximum atomic E-state index is 12.3. The fraction of sp³-hybridized carbons (Fsp3) is 0.960. The maximum absolute atomic E-state index is 12.3. The van der Waals surface area contributed by atoms with Crippen LogP contribution in [0.4, 0.5) is 0 Å². The number of hydrogen-bond acceptors (Lipinski definition) is 11. The van der Waals surface area contributed by atoms with Crippen molar-refractivity contribution in [1.82, 2.24) is 0 Å². The lowest BCUT2D eigenvalue weighted by Crippen LogP contribution is -2.59. The van der Waals surface area contributed by atoms with Gasteiger partial charge in [0.1, 0.15) is 54.1 Å². The number of hydrogen-bond donors (Lipinski definition) is 7. The normalized spacial score (nSPS) is 36.9. The molecule has 11 heteroatoms. The maximum Gasteiger partial charge on any atom is 0.143 e. The van der Waals surface area contributed by atoms with Gasteiger partial charge < -0.3 is 50.0 Å². The molecule has 0 aromatic heterocycles. The molecule has 36 heavy (non-hydrogen) atoms. The summed E-state index contributed by atoms with van der Waals surface area (Å²) in [5.41, 5.74) is -1.67. The van der Waals surface area contributed by atoms with Crippen LogP contribution in [0.1, 0.15) is 71.1 Å². The summed E-state index contributed by atoms with van der Waals surface area (Å²) < 4.78 is 16.7. The average molecular weight is 523 g/mol. The highest BCUT2D eigenvalue weighted by atomic mass is 16.6. The Morgan fingerprint density at radius 2 is 1.44 bits per heavy atom. The zero-order valence-electron chi connectivity index (χ0n) is 21.3. The lowest BCUT2D eigenvalue weighted by atomic mass is 9.92. The number of aliphatic hydroxyl groups excluding tert-OH is 7. The van der Waals surface area contributed by atoms with Crippen LogP contribution < -0.4 is 0 Å². The molecule has 2 rings (SSSR count). The molecular formula is C25H46O11. The molecule has 2 saturated heterocycles. The summed E-state index contributed by atoms with van der Waals surface area (Å²) in [5.74, 6) is 0.0574. The van der Waals surface area contributed by atoms with Crippen molar-refractivity contribution >= 4 is 5.78 Å². The number of ether oxygens (including phenoxy) is 3. The van der Waals surface area contributed by atoms with Gasteiger partial charge in [-0.25, -0.2) is 0 Å². The second-order valence-electron chi connectivity index (χ2n) is 10.1. The molecule has 0 aliphatic carbocycles. The molecule has 2 aliphatic heterocycles. The number of carbonyl (C=O) groups excluding carboxylic acids is 1. The first-order chi connectivity index (χ1) is 17.2. The summed E-state index contributed by atoms with van der Waals surface area (Å²) in [6, 6.07) is 0. The van der Waals surface area contributed by atoms with Gasteiger partial charge in [-0.3, -0.25) is 4.79 Å². The Morgan fingerprint density at radius 3 is 2.06 bits per heavy atom. The van der Waals surface area contributed by atoms with E-state index >= 15 is 0 Å². The van der Waals surface area contributed by atoms with Crippen LogP contribution in [0.25, 0.3) is 0 Å². The van der Waals surface area contributed by atoms with E-state index in [9.17, 15) is 40.5 Å². The third-order valence-corrected chi connectivity index (χ3v) is 7.28. The minimum absolute atomic E-state index is 0.0574. The molecule has 0 bridgehead atoms. The molecule has 2 fully saturated rings. The molecule has 212 valence electrons. The summed E-state index contributed by atoms with van der Waals surface area (Å²) in [5, 5.41) is 70.2. The second kappa shape index (κ2) is 15.6. The quantitative estimate of drug-likeness (QED) is 0.118. The molecule has 0 aromatic rings. The van der Waals surface area contributed by atoms with Gasteiger partial charge in [-0.05, 0) is 12.8 Å². The van der Waals surface area contributed by atoms with Gasteiger partial charge in [0, 0.05) is 12.8 Å². The molecule has 0 spiro atoms. The van der Waals surface area contributed by atoms with Gasteiger partial charge in [0.25, 0.3) is 0 Å². The fourth-order valence-electron chi connectivity index (χ4n) is 4.86. The van der Waals surface area contributed by atoms with E-state index in [0.29, 0.717) is 6.42 Å². The minimum atomic E-state index is -1.67. The first-order valence-corrected chi connectivity index (χ1v) is 13.3. The van der Waals surface area contributed by atoms with Crippen LogP contribution >= 0.6 is 0 Å². The molecule has 2 heterocycles. The SMILES string of the molecule is CCCCCCCCCC(=O)CCC1O[C@H](COC[C@]2(CO)O[C@@H](CO)C(O)C2O)C(O)C(O)[C@H]1O. The number of rotatable bonds is 17. The predicted octanol–water partition coefficient (Wildman–Crippen LogP) is -0.813. The molecular weight excluding hydrogens is 476 g/mol. The number of unbranched alkanes of at least 4 members (excludes halogenated alkanes) is 6. The van der Waals surface area contributed by atoms with Crippen molar-refractivity contribution in [2.45, 2.75) is 126 Å². The van der Waals surface area contributed by atoms with Crippen molar-refractivity contribution in [2.24, 2.45) is 0 Å². The van der Waals surface area contributed by atoms with Crippen molar-refractivity contribution in [2.75, 3.05) is 26.4 Å². The van der Waals surface area contributed by atoms with Crippen molar-refractivity contribution in [3.05, 3.63) is 0 Å². The van der Waals surface area contributed by atoms with Crippen LogP contribution in [0.3, 0.4) is 0 Å². The first kappa shape index (κ1) is 31.5. The van der Waals surface area contributed by atoms with Gasteiger partial charge in [-0.15, -0.1) is 0 Å². The van der Waals surface area contributed by atoms with Crippen LogP contribution in [0.15, 0.2) is 0 Å². The zero-order valence-corrected chi connectivity index (χ0v) is 21.3. The summed E-state index contributed by atoms with van der Waals surface area (Å²) in [6.07, 6.45) is -1.67. The molecule has 0 radical (unpaired) electrons. The molecule has 2 aliphatic rings. The Morgan fingerprint density at radius 1 is 0.806 bits per heavy atom. The van der Waals surface area contributed by atoms with Crippen molar-refractivity contribution < 1.29 is 54.8 Å². The molecule has 7 N–H and O–H groups in total. The van der Waals surface area contributed by atoms with Gasteiger partial charge in [0.2, 0.25) is 0 Å². The van der Waals surface area contributed by atoms with Crippen LogP contribution in [0, 0.1) is 0 Å². The standard InChI is InChI=1S/C25H46O11/c1-2-3-4-5-6-7-8-9-16(28)10-11-17-20(29)23(32)21(30)19(35-17)13-34-15-25(14-27)24(33)22(31)18(12-26)36-25/h17-24,26-27,29-33H,2-15H2,1H3/t17?,18-,19+,20-,21?,22?,23?,24?,25-/m0/s1. The Labute approximate surface area is 213 Å². The largest absolute Gasteiger partial charge is 0.394 e. The van der Waals surface area contributed by atoms with Gasteiger partial charge in [-0.2, -0.15) is 0 Å². The van der Waals surface area contributed by atoms with Crippen LogP contribution in [-0.4, -0.2) is 122 Å². The molecule has 0 aromatic carbocycles. The Balaban J connectivity index is 1.78. The van der Waals surface area contributed by atoms with E-state index in [2.05, 4.69) is 6.92 Å². The second-order valence-corrected chi connectivity index (χ2v) is 10.1. The smallest absolute Gasteiger partial charge is 0.143 e. The van der Waals surface area contributed by atoms with E-state index < -0.39 is 67.6 Å². The van der Waals surface area contributed by atoms with Crippen LogP contribution in [0.5, 0.6) is 0 Å². The Kier molecular flexibility index (Phi) is 13.7. The lowest BCUT2D eigenvalue weighted by Gasteiger charge is -2.41. The van der Waals surface area contributed by atoms with Crippen LogP contribution in [0.2, 0.25) is 0 Å².